The van der Waals surface area contributed by atoms with E-state index in [-0.39, 0.29) is 5.54 Å². The van der Waals surface area contributed by atoms with Crippen LogP contribution in [0.15, 0.2) is 12.3 Å². The Morgan fingerprint density at radius 2 is 2.05 bits per heavy atom. The molecule has 0 aliphatic heterocycles. The Balaban J connectivity index is 2.78. The SMILES string of the molecule is CCOCCN(C)c1cc(C)ncc1CNC(C)(C)C. The highest BCUT2D eigenvalue weighted by atomic mass is 16.5. The van der Waals surface area contributed by atoms with Gasteiger partial charge in [-0.2, -0.15) is 0 Å². The van der Waals surface area contributed by atoms with E-state index >= 15 is 0 Å². The highest BCUT2D eigenvalue weighted by Crippen LogP contribution is 2.20. The van der Waals surface area contributed by atoms with Crippen LogP contribution in [0.25, 0.3) is 0 Å². The van der Waals surface area contributed by atoms with E-state index in [0.717, 1.165) is 32.0 Å². The van der Waals surface area contributed by atoms with Crippen LogP contribution in [-0.4, -0.2) is 37.3 Å². The van der Waals surface area contributed by atoms with Crippen molar-refractivity contribution in [2.45, 2.75) is 46.7 Å². The van der Waals surface area contributed by atoms with E-state index in [1.54, 1.807) is 0 Å². The van der Waals surface area contributed by atoms with Crippen LogP contribution in [0, 0.1) is 6.92 Å². The average Bonchev–Trinajstić information content (AvgIpc) is 2.36. The number of nitrogens with one attached hydrogen (secondary N) is 1. The quantitative estimate of drug-likeness (QED) is 0.779. The third-order valence-electron chi connectivity index (χ3n) is 3.09. The summed E-state index contributed by atoms with van der Waals surface area (Å²) in [5.41, 5.74) is 3.60. The van der Waals surface area contributed by atoms with Crippen LogP contribution in [0.3, 0.4) is 0 Å². The molecule has 0 atom stereocenters. The number of likely N-dealkylation sites (N-methyl/N-ethyl adjacent to an activating group) is 1. The van der Waals surface area contributed by atoms with Gasteiger partial charge in [-0.05, 0) is 40.7 Å². The first-order chi connectivity index (χ1) is 9.33. The summed E-state index contributed by atoms with van der Waals surface area (Å²) in [6, 6.07) is 2.14. The normalized spacial score (nSPS) is 11.7. The van der Waals surface area contributed by atoms with Crippen molar-refractivity contribution in [3.05, 3.63) is 23.5 Å². The number of ether oxygens (including phenoxy) is 1. The molecule has 1 aromatic heterocycles. The minimum absolute atomic E-state index is 0.103. The molecule has 0 amide bonds. The second kappa shape index (κ2) is 7.60. The molecule has 0 aliphatic carbocycles. The van der Waals surface area contributed by atoms with Crippen molar-refractivity contribution >= 4 is 5.69 Å². The molecule has 0 fully saturated rings. The van der Waals surface area contributed by atoms with E-state index in [1.807, 2.05) is 20.0 Å². The minimum Gasteiger partial charge on any atom is -0.380 e. The standard InChI is InChI=1S/C16H29N3O/c1-7-20-9-8-19(6)15-10-13(2)17-11-14(15)12-18-16(3,4)5/h10-11,18H,7-9,12H2,1-6H3. The lowest BCUT2D eigenvalue weighted by Gasteiger charge is -2.25. The number of aryl methyl sites for hydroxylation is 1. The molecule has 1 heterocycles. The number of rotatable bonds is 7. The van der Waals surface area contributed by atoms with E-state index in [1.165, 1.54) is 11.3 Å². The molecule has 4 nitrogen and oxygen atoms in total. The Bertz CT molecular complexity index is 413. The van der Waals surface area contributed by atoms with Gasteiger partial charge in [-0.3, -0.25) is 4.98 Å². The molecule has 1 aromatic rings. The van der Waals surface area contributed by atoms with Gasteiger partial charge < -0.3 is 15.0 Å². The summed E-state index contributed by atoms with van der Waals surface area (Å²) in [7, 11) is 2.11. The summed E-state index contributed by atoms with van der Waals surface area (Å²) in [5.74, 6) is 0. The first-order valence-corrected chi connectivity index (χ1v) is 7.33. The maximum absolute atomic E-state index is 5.44. The summed E-state index contributed by atoms with van der Waals surface area (Å²) in [5, 5.41) is 3.52. The maximum Gasteiger partial charge on any atom is 0.0641 e. The van der Waals surface area contributed by atoms with Crippen molar-refractivity contribution in [1.82, 2.24) is 10.3 Å². The number of hydrogen-bond acceptors (Lipinski definition) is 4. The van der Waals surface area contributed by atoms with Crippen LogP contribution < -0.4 is 10.2 Å². The number of pyridine rings is 1. The van der Waals surface area contributed by atoms with Crippen molar-refractivity contribution in [2.24, 2.45) is 0 Å². The molecule has 114 valence electrons. The Kier molecular flexibility index (Phi) is 6.43. The van der Waals surface area contributed by atoms with Gasteiger partial charge in [-0.1, -0.05) is 0 Å². The van der Waals surface area contributed by atoms with Gasteiger partial charge in [0.05, 0.1) is 6.61 Å². The molecule has 1 N–H and O–H groups in total. The second-order valence-electron chi connectivity index (χ2n) is 6.18. The van der Waals surface area contributed by atoms with E-state index in [9.17, 15) is 0 Å². The van der Waals surface area contributed by atoms with Gasteiger partial charge in [0.2, 0.25) is 0 Å². The van der Waals surface area contributed by atoms with Crippen LogP contribution in [0.4, 0.5) is 5.69 Å². The third-order valence-corrected chi connectivity index (χ3v) is 3.09. The molecule has 0 saturated heterocycles. The predicted molar refractivity (Wildman–Crippen MR) is 85.3 cm³/mol. The van der Waals surface area contributed by atoms with Crippen molar-refractivity contribution in [3.63, 3.8) is 0 Å². The van der Waals surface area contributed by atoms with E-state index in [2.05, 4.69) is 49.1 Å². The Labute approximate surface area is 123 Å². The fraction of sp³-hybridized carbons (Fsp3) is 0.688. The smallest absolute Gasteiger partial charge is 0.0641 e. The molecule has 0 radical (unpaired) electrons. The Morgan fingerprint density at radius 1 is 1.35 bits per heavy atom. The van der Waals surface area contributed by atoms with Crippen LogP contribution in [0.5, 0.6) is 0 Å². The number of hydrogen-bond donors (Lipinski definition) is 1. The first-order valence-electron chi connectivity index (χ1n) is 7.33. The molecule has 0 aliphatic rings. The second-order valence-corrected chi connectivity index (χ2v) is 6.18. The zero-order chi connectivity index (χ0) is 15.2. The lowest BCUT2D eigenvalue weighted by molar-refractivity contribution is 0.154. The summed E-state index contributed by atoms with van der Waals surface area (Å²) < 4.78 is 5.44. The minimum atomic E-state index is 0.103. The zero-order valence-corrected chi connectivity index (χ0v) is 13.8. The van der Waals surface area contributed by atoms with Gasteiger partial charge in [0.15, 0.2) is 0 Å². The molecule has 1 rings (SSSR count). The lowest BCUT2D eigenvalue weighted by atomic mass is 10.1. The molecule has 20 heavy (non-hydrogen) atoms. The number of anilines is 1. The molecule has 0 unspecified atom stereocenters. The largest absolute Gasteiger partial charge is 0.380 e. The monoisotopic (exact) mass is 279 g/mol. The zero-order valence-electron chi connectivity index (χ0n) is 13.8. The summed E-state index contributed by atoms with van der Waals surface area (Å²) >= 11 is 0. The van der Waals surface area contributed by atoms with E-state index in [0.29, 0.717) is 0 Å². The van der Waals surface area contributed by atoms with Crippen molar-refractivity contribution in [1.29, 1.82) is 0 Å². The molecular weight excluding hydrogens is 250 g/mol. The van der Waals surface area contributed by atoms with Crippen LogP contribution in [0.1, 0.15) is 39.0 Å². The van der Waals surface area contributed by atoms with Crippen LogP contribution in [0.2, 0.25) is 0 Å². The first kappa shape index (κ1) is 16.9. The summed E-state index contributed by atoms with van der Waals surface area (Å²) in [6.07, 6.45) is 1.97. The highest BCUT2D eigenvalue weighted by Gasteiger charge is 2.13. The fourth-order valence-corrected chi connectivity index (χ4v) is 1.89. The van der Waals surface area contributed by atoms with Gasteiger partial charge >= 0.3 is 0 Å². The van der Waals surface area contributed by atoms with Crippen LogP contribution in [-0.2, 0) is 11.3 Å². The molecular formula is C16H29N3O. The molecule has 0 saturated carbocycles. The highest BCUT2D eigenvalue weighted by molar-refractivity contribution is 5.53. The Morgan fingerprint density at radius 3 is 2.65 bits per heavy atom. The maximum atomic E-state index is 5.44. The molecule has 0 aromatic carbocycles. The van der Waals surface area contributed by atoms with Gasteiger partial charge in [-0.15, -0.1) is 0 Å². The summed E-state index contributed by atoms with van der Waals surface area (Å²) in [6.45, 7) is 13.8. The van der Waals surface area contributed by atoms with E-state index in [4.69, 9.17) is 4.74 Å². The topological polar surface area (TPSA) is 37.4 Å². The van der Waals surface area contributed by atoms with Crippen molar-refractivity contribution < 1.29 is 4.74 Å². The molecule has 0 bridgehead atoms. The Hall–Kier alpha value is -1.13. The molecule has 4 heteroatoms. The average molecular weight is 279 g/mol. The molecule has 0 spiro atoms. The number of nitrogens with zero attached hydrogens (tertiary/aromatic N) is 2. The van der Waals surface area contributed by atoms with Gasteiger partial charge in [0, 0.05) is 55.4 Å². The number of aromatic nitrogens is 1. The van der Waals surface area contributed by atoms with Gasteiger partial charge in [0.25, 0.3) is 0 Å². The lowest BCUT2D eigenvalue weighted by Crippen LogP contribution is -2.35. The van der Waals surface area contributed by atoms with Gasteiger partial charge in [0.1, 0.15) is 0 Å². The predicted octanol–water partition coefficient (Wildman–Crippen LogP) is 2.75. The van der Waals surface area contributed by atoms with Crippen molar-refractivity contribution in [3.8, 4) is 0 Å². The van der Waals surface area contributed by atoms with E-state index < -0.39 is 0 Å². The summed E-state index contributed by atoms with van der Waals surface area (Å²) in [4.78, 5) is 6.66. The van der Waals surface area contributed by atoms with Crippen LogP contribution >= 0.6 is 0 Å². The van der Waals surface area contributed by atoms with Crippen molar-refractivity contribution in [2.75, 3.05) is 31.7 Å². The third kappa shape index (κ3) is 5.88. The van der Waals surface area contributed by atoms with Gasteiger partial charge in [-0.25, -0.2) is 0 Å². The fourth-order valence-electron chi connectivity index (χ4n) is 1.89.